The summed E-state index contributed by atoms with van der Waals surface area (Å²) in [6.45, 7) is 0. The largest absolute Gasteiger partial charge is 0.256 e. The molecule has 0 spiro atoms. The van der Waals surface area contributed by atoms with Crippen molar-refractivity contribution in [3.63, 3.8) is 0 Å². The van der Waals surface area contributed by atoms with Crippen molar-refractivity contribution in [2.75, 3.05) is 0 Å². The van der Waals surface area contributed by atoms with Gasteiger partial charge in [-0.2, -0.15) is 0 Å². The quantitative estimate of drug-likeness (QED) is 0.454. The summed E-state index contributed by atoms with van der Waals surface area (Å²) in [4.78, 5) is 3.86. The molecule has 68 valence electrons. The Balaban J connectivity index is 3.12. The standard InChI is InChI=1S/C8H4BrClFNS/c9-8-6(10)3-5(4-7(8)11)12-1-2-13/h1-4H. The molecule has 0 aliphatic rings. The minimum absolute atomic E-state index is 0.246. The van der Waals surface area contributed by atoms with E-state index in [1.165, 1.54) is 17.6 Å². The number of hydrogen-bond acceptors (Lipinski definition) is 2. The number of rotatable bonds is 2. The van der Waals surface area contributed by atoms with Crippen LogP contribution in [0.25, 0.3) is 0 Å². The molecule has 1 nitrogen and oxygen atoms in total. The van der Waals surface area contributed by atoms with Crippen LogP contribution in [0.5, 0.6) is 0 Å². The third kappa shape index (κ3) is 2.83. The number of hydrogen-bond donors (Lipinski definition) is 0. The van der Waals surface area contributed by atoms with Gasteiger partial charge in [-0.05, 0) is 22.0 Å². The van der Waals surface area contributed by atoms with Gasteiger partial charge in [0.2, 0.25) is 0 Å². The first-order valence-corrected chi connectivity index (χ1v) is 4.91. The Bertz CT molecular complexity index is 344. The molecular formula is C8H4BrClFNS. The maximum absolute atomic E-state index is 13.0. The van der Waals surface area contributed by atoms with Crippen LogP contribution in [0.15, 0.2) is 21.6 Å². The van der Waals surface area contributed by atoms with Gasteiger partial charge >= 0.3 is 0 Å². The Morgan fingerprint density at radius 3 is 2.77 bits per heavy atom. The van der Waals surface area contributed by atoms with E-state index >= 15 is 0 Å². The molecule has 5 heteroatoms. The van der Waals surface area contributed by atoms with Gasteiger partial charge in [0.05, 0.1) is 15.2 Å². The summed E-state index contributed by atoms with van der Waals surface area (Å²) in [5.41, 5.74) is 0.437. The first-order chi connectivity index (χ1) is 6.15. The van der Waals surface area contributed by atoms with Crippen molar-refractivity contribution in [2.45, 2.75) is 0 Å². The zero-order valence-electron chi connectivity index (χ0n) is 6.30. The second kappa shape index (κ2) is 4.79. The third-order valence-corrected chi connectivity index (χ3v) is 2.71. The van der Waals surface area contributed by atoms with Crippen molar-refractivity contribution in [1.29, 1.82) is 0 Å². The minimum Gasteiger partial charge on any atom is -0.256 e. The van der Waals surface area contributed by atoms with Crippen LogP contribution in [0.3, 0.4) is 0 Å². The van der Waals surface area contributed by atoms with Gasteiger partial charge in [-0.3, -0.25) is 4.99 Å². The monoisotopic (exact) mass is 279 g/mol. The summed E-state index contributed by atoms with van der Waals surface area (Å²) in [5.74, 6) is -0.441. The minimum atomic E-state index is -0.441. The topological polar surface area (TPSA) is 12.4 Å². The first-order valence-electron chi connectivity index (χ1n) is 3.27. The molecule has 1 aromatic carbocycles. The highest BCUT2D eigenvalue weighted by molar-refractivity contribution is 9.10. The molecule has 0 aromatic heterocycles. The Morgan fingerprint density at radius 2 is 2.23 bits per heavy atom. The highest BCUT2D eigenvalue weighted by atomic mass is 79.9. The fourth-order valence-corrected chi connectivity index (χ4v) is 1.23. The van der Waals surface area contributed by atoms with Crippen LogP contribution < -0.4 is 0 Å². The van der Waals surface area contributed by atoms with Crippen molar-refractivity contribution in [2.24, 2.45) is 4.99 Å². The van der Waals surface area contributed by atoms with Crippen molar-refractivity contribution in [3.05, 3.63) is 27.4 Å². The van der Waals surface area contributed by atoms with Gasteiger partial charge in [-0.15, -0.1) is 0 Å². The van der Waals surface area contributed by atoms with E-state index in [1.54, 1.807) is 6.07 Å². The van der Waals surface area contributed by atoms with Crippen LogP contribution in [0, 0.1) is 5.82 Å². The smallest absolute Gasteiger partial charge is 0.141 e. The van der Waals surface area contributed by atoms with Gasteiger partial charge in [-0.1, -0.05) is 23.8 Å². The van der Waals surface area contributed by atoms with Gasteiger partial charge < -0.3 is 0 Å². The van der Waals surface area contributed by atoms with Crippen LogP contribution >= 0.6 is 39.7 Å². The van der Waals surface area contributed by atoms with E-state index < -0.39 is 5.82 Å². The second-order valence-electron chi connectivity index (χ2n) is 2.14. The lowest BCUT2D eigenvalue weighted by atomic mass is 10.3. The van der Waals surface area contributed by atoms with E-state index in [-0.39, 0.29) is 9.50 Å². The van der Waals surface area contributed by atoms with Crippen molar-refractivity contribution >= 4 is 57.0 Å². The number of aliphatic imine (C=N–C) groups is 1. The van der Waals surface area contributed by atoms with Gasteiger partial charge in [0.15, 0.2) is 0 Å². The average Bonchev–Trinajstić information content (AvgIpc) is 2.10. The molecule has 0 atom stereocenters. The lowest BCUT2D eigenvalue weighted by molar-refractivity contribution is 0.621. The molecule has 0 radical (unpaired) electrons. The van der Waals surface area contributed by atoms with Crippen LogP contribution in [-0.4, -0.2) is 11.6 Å². The average molecular weight is 281 g/mol. The van der Waals surface area contributed by atoms with E-state index in [0.717, 1.165) is 0 Å². The normalized spacial score (nSPS) is 10.7. The third-order valence-electron chi connectivity index (χ3n) is 1.25. The maximum atomic E-state index is 13.0. The molecule has 0 saturated heterocycles. The zero-order chi connectivity index (χ0) is 9.84. The molecule has 0 saturated carbocycles. The molecule has 13 heavy (non-hydrogen) atoms. The van der Waals surface area contributed by atoms with Gasteiger partial charge in [0.1, 0.15) is 5.82 Å². The molecule has 0 amide bonds. The maximum Gasteiger partial charge on any atom is 0.141 e. The Labute approximate surface area is 93.8 Å². The van der Waals surface area contributed by atoms with Crippen LogP contribution in [0.2, 0.25) is 5.02 Å². The summed E-state index contributed by atoms with van der Waals surface area (Å²) >= 11 is 13.2. The zero-order valence-corrected chi connectivity index (χ0v) is 9.46. The molecule has 0 N–H and O–H groups in total. The Kier molecular flexibility index (Phi) is 3.96. The summed E-state index contributed by atoms with van der Waals surface area (Å²) in [7, 11) is 0. The van der Waals surface area contributed by atoms with Crippen molar-refractivity contribution < 1.29 is 4.39 Å². The highest BCUT2D eigenvalue weighted by Gasteiger charge is 2.05. The molecule has 1 aromatic rings. The van der Waals surface area contributed by atoms with Crippen LogP contribution in [-0.2, 0) is 0 Å². The summed E-state index contributed by atoms with van der Waals surface area (Å²) in [6, 6.07) is 2.81. The molecular weight excluding hydrogens is 277 g/mol. The van der Waals surface area contributed by atoms with Crippen molar-refractivity contribution in [3.8, 4) is 0 Å². The fraction of sp³-hybridized carbons (Fsp3) is 0. The Hall–Kier alpha value is -0.320. The molecule has 0 unspecified atom stereocenters. The molecule has 1 rings (SSSR count). The van der Waals surface area contributed by atoms with Crippen LogP contribution in [0.4, 0.5) is 10.1 Å². The summed E-state index contributed by atoms with van der Waals surface area (Å²) < 4.78 is 13.3. The van der Waals surface area contributed by atoms with E-state index in [1.807, 2.05) is 0 Å². The first kappa shape index (κ1) is 10.8. The fourth-order valence-electron chi connectivity index (χ4n) is 0.733. The summed E-state index contributed by atoms with van der Waals surface area (Å²) in [6.07, 6.45) is 1.40. The van der Waals surface area contributed by atoms with E-state index in [2.05, 4.69) is 33.1 Å². The molecule has 0 aliphatic heterocycles. The molecule has 0 aliphatic carbocycles. The van der Waals surface area contributed by atoms with E-state index in [4.69, 9.17) is 11.6 Å². The molecule has 0 fully saturated rings. The highest BCUT2D eigenvalue weighted by Crippen LogP contribution is 2.29. The predicted molar refractivity (Wildman–Crippen MR) is 60.9 cm³/mol. The number of benzene rings is 1. The number of halogens is 3. The van der Waals surface area contributed by atoms with Gasteiger partial charge in [-0.25, -0.2) is 4.39 Å². The van der Waals surface area contributed by atoms with Gasteiger partial charge in [0.25, 0.3) is 0 Å². The lowest BCUT2D eigenvalue weighted by Crippen LogP contribution is -1.79. The lowest BCUT2D eigenvalue weighted by Gasteiger charge is -1.99. The predicted octanol–water partition coefficient (Wildman–Crippen LogP) is 3.94. The van der Waals surface area contributed by atoms with Gasteiger partial charge in [0, 0.05) is 17.6 Å². The SMILES string of the molecule is Fc1cc(N=CC=S)cc(Cl)c1Br. The van der Waals surface area contributed by atoms with E-state index in [0.29, 0.717) is 5.69 Å². The van der Waals surface area contributed by atoms with E-state index in [9.17, 15) is 4.39 Å². The molecule has 0 heterocycles. The van der Waals surface area contributed by atoms with Crippen molar-refractivity contribution in [1.82, 2.24) is 0 Å². The molecule has 0 bridgehead atoms. The number of nitrogens with zero attached hydrogens (tertiary/aromatic N) is 1. The summed E-state index contributed by atoms with van der Waals surface area (Å²) in [5, 5.41) is 1.63. The Morgan fingerprint density at radius 1 is 1.54 bits per heavy atom. The second-order valence-corrected chi connectivity index (χ2v) is 3.61. The van der Waals surface area contributed by atoms with Crippen LogP contribution in [0.1, 0.15) is 0 Å². The number of thiocarbonyl (C=S) groups is 1.